The third kappa shape index (κ3) is 4.08. The van der Waals surface area contributed by atoms with E-state index in [0.29, 0.717) is 16.4 Å². The molecule has 1 aliphatic heterocycles. The van der Waals surface area contributed by atoms with Gasteiger partial charge < -0.3 is 9.64 Å². The van der Waals surface area contributed by atoms with Gasteiger partial charge in [0.15, 0.2) is 0 Å². The van der Waals surface area contributed by atoms with Gasteiger partial charge in [0.1, 0.15) is 11.5 Å². The van der Waals surface area contributed by atoms with Crippen LogP contribution >= 0.6 is 11.3 Å². The molecule has 1 aromatic heterocycles. The molecule has 0 N–H and O–H groups in total. The molecule has 1 saturated heterocycles. The maximum atomic E-state index is 12.4. The van der Waals surface area contributed by atoms with Crippen molar-refractivity contribution in [1.29, 1.82) is 0 Å². The summed E-state index contributed by atoms with van der Waals surface area (Å²) >= 11 is 1.58. The van der Waals surface area contributed by atoms with Crippen molar-refractivity contribution in [1.82, 2.24) is 4.90 Å². The number of rotatable bonds is 4. The standard InChI is InChI=1S/C22H25NO3S/c1-15-4-9-19-18(12-15)13-20(27-19)22(25)26-14-16-5-7-17(8-6-16)21(24)23-10-2-3-11-23/h5-8,13,15H,2-4,9-12,14H2,1H3. The van der Waals surface area contributed by atoms with Gasteiger partial charge in [-0.05, 0) is 67.3 Å². The van der Waals surface area contributed by atoms with Crippen molar-refractivity contribution < 1.29 is 14.3 Å². The molecule has 4 rings (SSSR count). The lowest BCUT2D eigenvalue weighted by Crippen LogP contribution is -2.27. The summed E-state index contributed by atoms with van der Waals surface area (Å²) in [4.78, 5) is 28.7. The van der Waals surface area contributed by atoms with Crippen LogP contribution in [-0.4, -0.2) is 29.9 Å². The number of likely N-dealkylation sites (tertiary alicyclic amines) is 1. The number of carbonyl (C=O) groups excluding carboxylic acids is 2. The average molecular weight is 384 g/mol. The summed E-state index contributed by atoms with van der Waals surface area (Å²) in [5.41, 5.74) is 2.92. The number of carbonyl (C=O) groups is 2. The van der Waals surface area contributed by atoms with Crippen molar-refractivity contribution in [3.8, 4) is 0 Å². The zero-order valence-corrected chi connectivity index (χ0v) is 16.5. The Kier molecular flexibility index (Phi) is 5.30. The molecular weight excluding hydrogens is 358 g/mol. The Bertz CT molecular complexity index is 834. The van der Waals surface area contributed by atoms with E-state index < -0.39 is 0 Å². The van der Waals surface area contributed by atoms with Gasteiger partial charge in [0.2, 0.25) is 0 Å². The highest BCUT2D eigenvalue weighted by atomic mass is 32.1. The van der Waals surface area contributed by atoms with Crippen LogP contribution in [0.25, 0.3) is 0 Å². The number of thiophene rings is 1. The number of nitrogens with zero attached hydrogens (tertiary/aromatic N) is 1. The van der Waals surface area contributed by atoms with Gasteiger partial charge in [0.05, 0.1) is 0 Å². The highest BCUT2D eigenvalue weighted by Gasteiger charge is 2.22. The second kappa shape index (κ2) is 7.85. The summed E-state index contributed by atoms with van der Waals surface area (Å²) < 4.78 is 5.49. The SMILES string of the molecule is CC1CCc2sc(C(=O)OCc3ccc(C(=O)N4CCCC4)cc3)cc2C1. The molecule has 0 radical (unpaired) electrons. The molecule has 142 valence electrons. The number of hydrogen-bond acceptors (Lipinski definition) is 4. The van der Waals surface area contributed by atoms with Crippen LogP contribution in [0.15, 0.2) is 30.3 Å². The normalized spacial score (nSPS) is 19.0. The lowest BCUT2D eigenvalue weighted by molar-refractivity contribution is 0.0478. The first kappa shape index (κ1) is 18.2. The van der Waals surface area contributed by atoms with Crippen LogP contribution in [0.2, 0.25) is 0 Å². The topological polar surface area (TPSA) is 46.6 Å². The lowest BCUT2D eigenvalue weighted by atomic mass is 9.90. The molecular formula is C22H25NO3S. The molecule has 27 heavy (non-hydrogen) atoms. The molecule has 1 amide bonds. The molecule has 0 spiro atoms. The van der Waals surface area contributed by atoms with E-state index in [1.807, 2.05) is 35.2 Å². The molecule has 1 unspecified atom stereocenters. The summed E-state index contributed by atoms with van der Waals surface area (Å²) in [6.45, 7) is 4.19. The van der Waals surface area contributed by atoms with Gasteiger partial charge in [-0.3, -0.25) is 4.79 Å². The minimum absolute atomic E-state index is 0.0921. The Morgan fingerprint density at radius 3 is 2.67 bits per heavy atom. The van der Waals surface area contributed by atoms with Crippen LogP contribution < -0.4 is 0 Å². The Labute approximate surface area is 164 Å². The van der Waals surface area contributed by atoms with Gasteiger partial charge >= 0.3 is 5.97 Å². The van der Waals surface area contributed by atoms with E-state index in [1.54, 1.807) is 11.3 Å². The molecule has 4 nitrogen and oxygen atoms in total. The first-order valence-electron chi connectivity index (χ1n) is 9.77. The Morgan fingerprint density at radius 2 is 1.93 bits per heavy atom. The molecule has 2 aromatic rings. The first-order chi connectivity index (χ1) is 13.1. The quantitative estimate of drug-likeness (QED) is 0.732. The van der Waals surface area contributed by atoms with E-state index in [9.17, 15) is 9.59 Å². The molecule has 5 heteroatoms. The molecule has 1 fully saturated rings. The molecule has 1 aliphatic carbocycles. The summed E-state index contributed by atoms with van der Waals surface area (Å²) in [6, 6.07) is 9.41. The fraction of sp³-hybridized carbons (Fsp3) is 0.455. The van der Waals surface area contributed by atoms with Crippen molar-refractivity contribution in [2.24, 2.45) is 5.92 Å². The summed E-state index contributed by atoms with van der Waals surface area (Å²) in [6.07, 6.45) is 5.51. The van der Waals surface area contributed by atoms with Crippen molar-refractivity contribution in [2.75, 3.05) is 13.1 Å². The van der Waals surface area contributed by atoms with E-state index in [0.717, 1.165) is 44.3 Å². The predicted molar refractivity (Wildman–Crippen MR) is 106 cm³/mol. The van der Waals surface area contributed by atoms with Crippen LogP contribution in [0.4, 0.5) is 0 Å². The van der Waals surface area contributed by atoms with Gasteiger partial charge in [0, 0.05) is 23.5 Å². The highest BCUT2D eigenvalue weighted by Crippen LogP contribution is 2.32. The summed E-state index contributed by atoms with van der Waals surface area (Å²) in [5.74, 6) is 0.534. The van der Waals surface area contributed by atoms with Crippen molar-refractivity contribution >= 4 is 23.2 Å². The monoisotopic (exact) mass is 383 g/mol. The summed E-state index contributed by atoms with van der Waals surface area (Å²) in [5, 5.41) is 0. The fourth-order valence-electron chi connectivity index (χ4n) is 3.87. The molecule has 0 bridgehead atoms. The zero-order valence-electron chi connectivity index (χ0n) is 15.7. The Morgan fingerprint density at radius 1 is 1.19 bits per heavy atom. The van der Waals surface area contributed by atoms with Crippen LogP contribution in [0.5, 0.6) is 0 Å². The summed E-state index contributed by atoms with van der Waals surface area (Å²) in [7, 11) is 0. The van der Waals surface area contributed by atoms with Crippen molar-refractivity contribution in [3.63, 3.8) is 0 Å². The maximum Gasteiger partial charge on any atom is 0.348 e. The number of ether oxygens (including phenoxy) is 1. The van der Waals surface area contributed by atoms with Crippen molar-refractivity contribution in [3.05, 3.63) is 56.8 Å². The van der Waals surface area contributed by atoms with Gasteiger partial charge in [-0.2, -0.15) is 0 Å². The number of amides is 1. The minimum atomic E-state index is -0.251. The number of esters is 1. The van der Waals surface area contributed by atoms with Gasteiger partial charge in [-0.1, -0.05) is 19.1 Å². The van der Waals surface area contributed by atoms with Crippen LogP contribution in [0.3, 0.4) is 0 Å². The largest absolute Gasteiger partial charge is 0.457 e. The number of aryl methyl sites for hydroxylation is 1. The third-order valence-corrected chi connectivity index (χ3v) is 6.71. The van der Waals surface area contributed by atoms with E-state index in [4.69, 9.17) is 4.74 Å². The van der Waals surface area contributed by atoms with E-state index in [1.165, 1.54) is 16.9 Å². The lowest BCUT2D eigenvalue weighted by Gasteiger charge is -2.16. The first-order valence-corrected chi connectivity index (χ1v) is 10.6. The minimum Gasteiger partial charge on any atom is -0.457 e. The second-order valence-corrected chi connectivity index (χ2v) is 8.82. The Balaban J connectivity index is 1.34. The third-order valence-electron chi connectivity index (χ3n) is 5.49. The molecule has 0 saturated carbocycles. The maximum absolute atomic E-state index is 12.4. The second-order valence-electron chi connectivity index (χ2n) is 7.68. The van der Waals surface area contributed by atoms with E-state index >= 15 is 0 Å². The smallest absolute Gasteiger partial charge is 0.348 e. The van der Waals surface area contributed by atoms with Gasteiger partial charge in [-0.15, -0.1) is 11.3 Å². The van der Waals surface area contributed by atoms with Gasteiger partial charge in [0.25, 0.3) is 5.91 Å². The van der Waals surface area contributed by atoms with Crippen LogP contribution in [0, 0.1) is 5.92 Å². The average Bonchev–Trinajstić information content (AvgIpc) is 3.35. The fourth-order valence-corrected chi connectivity index (χ4v) is 4.97. The van der Waals surface area contributed by atoms with E-state index in [-0.39, 0.29) is 18.5 Å². The molecule has 1 atom stereocenters. The molecule has 1 aromatic carbocycles. The van der Waals surface area contributed by atoms with Gasteiger partial charge in [-0.25, -0.2) is 4.79 Å². The van der Waals surface area contributed by atoms with Crippen molar-refractivity contribution in [2.45, 2.75) is 45.6 Å². The Hall–Kier alpha value is -2.14. The van der Waals surface area contributed by atoms with Crippen LogP contribution in [-0.2, 0) is 24.2 Å². The zero-order chi connectivity index (χ0) is 18.8. The molecule has 2 aliphatic rings. The highest BCUT2D eigenvalue weighted by molar-refractivity contribution is 7.14. The predicted octanol–water partition coefficient (Wildman–Crippen LogP) is 4.47. The number of benzene rings is 1. The van der Waals surface area contributed by atoms with E-state index in [2.05, 4.69) is 6.92 Å². The van der Waals surface area contributed by atoms with Crippen LogP contribution in [0.1, 0.15) is 62.2 Å². The molecule has 2 heterocycles. The number of hydrogen-bond donors (Lipinski definition) is 0. The number of fused-ring (bicyclic) bond motifs is 1.